The molecule has 0 aromatic heterocycles. The molecule has 11 heteroatoms. The van der Waals surface area contributed by atoms with Crippen LogP contribution < -0.4 is 15.8 Å². The summed E-state index contributed by atoms with van der Waals surface area (Å²) in [5.74, 6) is -1.11. The van der Waals surface area contributed by atoms with Crippen LogP contribution in [0.2, 0.25) is 0 Å². The number of carbonyl (C=O) groups is 4. The van der Waals surface area contributed by atoms with Crippen LogP contribution in [-0.2, 0) is 25.6 Å². The molecule has 5 N–H and O–H groups in total. The third-order valence-electron chi connectivity index (χ3n) is 4.94. The summed E-state index contributed by atoms with van der Waals surface area (Å²) in [7, 11) is 0. The third-order valence-corrected chi connectivity index (χ3v) is 5.24. The highest BCUT2D eigenvalue weighted by Gasteiger charge is 2.34. The highest BCUT2D eigenvalue weighted by molar-refractivity contribution is 7.80. The zero-order valence-corrected chi connectivity index (χ0v) is 20.1. The van der Waals surface area contributed by atoms with Gasteiger partial charge in [-0.05, 0) is 48.4 Å². The van der Waals surface area contributed by atoms with Crippen LogP contribution in [-0.4, -0.2) is 62.4 Å². The number of hydrogen-bond donors (Lipinski definition) is 4. The number of anilines is 1. The van der Waals surface area contributed by atoms with Crippen LogP contribution in [0.1, 0.15) is 25.8 Å². The zero-order chi connectivity index (χ0) is 26.1. The smallest absolute Gasteiger partial charge is 0.326 e. The number of hydrogen-bond acceptors (Lipinski definition) is 7. The number of aliphatic carboxylic acids is 2. The number of benzene rings is 2. The fourth-order valence-corrected chi connectivity index (χ4v) is 3.52. The van der Waals surface area contributed by atoms with E-state index in [4.69, 9.17) is 32.9 Å². The van der Waals surface area contributed by atoms with Crippen molar-refractivity contribution >= 4 is 46.5 Å². The molecule has 3 rings (SSSR count). The number of likely N-dealkylation sites (tertiary alicyclic amines) is 1. The van der Waals surface area contributed by atoms with E-state index in [0.717, 1.165) is 5.56 Å². The summed E-state index contributed by atoms with van der Waals surface area (Å²) in [5, 5.41) is 20.2. The highest BCUT2D eigenvalue weighted by Crippen LogP contribution is 2.23. The number of rotatable bonds is 7. The van der Waals surface area contributed by atoms with Gasteiger partial charge in [0.15, 0.2) is 0 Å². The van der Waals surface area contributed by atoms with Gasteiger partial charge >= 0.3 is 11.9 Å². The number of amides is 2. The van der Waals surface area contributed by atoms with Crippen LogP contribution in [0.5, 0.6) is 11.5 Å². The summed E-state index contributed by atoms with van der Waals surface area (Å²) in [6, 6.07) is 12.4. The Morgan fingerprint density at radius 3 is 2.03 bits per heavy atom. The van der Waals surface area contributed by atoms with Gasteiger partial charge < -0.3 is 30.9 Å². The second-order valence-electron chi connectivity index (χ2n) is 7.84. The van der Waals surface area contributed by atoms with Gasteiger partial charge in [-0.15, -0.1) is 0 Å². The SMILES string of the molecule is CC(=O)N1CC(=S)C[C@H]1C(=O)O.CC(=O)Nc1ccc(Oc2ccc(C[C@H](N)C(=O)O)cc2)cc1. The number of nitrogens with two attached hydrogens (primary N) is 1. The molecule has 0 aliphatic carbocycles. The first-order chi connectivity index (χ1) is 16.5. The van der Waals surface area contributed by atoms with E-state index < -0.39 is 24.0 Å². The standard InChI is InChI=1S/C17H18N2O4.C7H9NO3S/c1-11(20)19-13-4-8-15(9-5-13)23-14-6-2-12(3-7-14)10-16(18)17(21)22;1-4(9)8-3-5(12)2-6(8)7(10)11/h2-9,16H,10,18H2,1H3,(H,19,20)(H,21,22);6H,2-3H2,1H3,(H,10,11)/t16-;6-/m00/s1. The van der Waals surface area contributed by atoms with E-state index in [-0.39, 0.29) is 18.2 Å². The molecule has 1 aliphatic heterocycles. The molecular weight excluding hydrogens is 474 g/mol. The van der Waals surface area contributed by atoms with Gasteiger partial charge in [0.1, 0.15) is 23.6 Å². The molecule has 1 saturated heterocycles. The van der Waals surface area contributed by atoms with Crippen LogP contribution >= 0.6 is 12.2 Å². The Hall–Kier alpha value is -3.83. The minimum atomic E-state index is -1.02. The van der Waals surface area contributed by atoms with Crippen molar-refractivity contribution in [2.24, 2.45) is 5.73 Å². The number of nitrogens with zero attached hydrogens (tertiary/aromatic N) is 1. The van der Waals surface area contributed by atoms with Crippen molar-refractivity contribution in [3.05, 3.63) is 54.1 Å². The molecule has 1 aliphatic rings. The van der Waals surface area contributed by atoms with Crippen LogP contribution in [0.25, 0.3) is 0 Å². The van der Waals surface area contributed by atoms with E-state index in [0.29, 0.717) is 35.0 Å². The Balaban J connectivity index is 0.000000303. The fourth-order valence-electron chi connectivity index (χ4n) is 3.22. The minimum absolute atomic E-state index is 0.131. The van der Waals surface area contributed by atoms with Crippen molar-refractivity contribution in [3.63, 3.8) is 0 Å². The molecule has 0 radical (unpaired) electrons. The molecule has 2 aromatic carbocycles. The second-order valence-corrected chi connectivity index (χ2v) is 8.42. The molecule has 186 valence electrons. The quantitative estimate of drug-likeness (QED) is 0.418. The van der Waals surface area contributed by atoms with Gasteiger partial charge in [-0.1, -0.05) is 24.4 Å². The van der Waals surface area contributed by atoms with E-state index in [1.165, 1.54) is 18.7 Å². The predicted octanol–water partition coefficient (Wildman–Crippen LogP) is 2.45. The van der Waals surface area contributed by atoms with E-state index in [9.17, 15) is 19.2 Å². The lowest BCUT2D eigenvalue weighted by Gasteiger charge is -2.18. The highest BCUT2D eigenvalue weighted by atomic mass is 32.1. The number of carboxylic acids is 2. The molecule has 2 atom stereocenters. The van der Waals surface area contributed by atoms with Crippen LogP contribution in [0.3, 0.4) is 0 Å². The number of ether oxygens (including phenoxy) is 1. The van der Waals surface area contributed by atoms with Gasteiger partial charge in [-0.25, -0.2) is 4.79 Å². The average Bonchev–Trinajstić information content (AvgIpc) is 3.19. The Morgan fingerprint density at radius 1 is 1.06 bits per heavy atom. The number of carbonyl (C=O) groups excluding carboxylic acids is 2. The molecule has 0 saturated carbocycles. The predicted molar refractivity (Wildman–Crippen MR) is 133 cm³/mol. The van der Waals surface area contributed by atoms with Crippen molar-refractivity contribution in [2.45, 2.75) is 38.8 Å². The van der Waals surface area contributed by atoms with E-state index in [1.807, 2.05) is 0 Å². The summed E-state index contributed by atoms with van der Waals surface area (Å²) in [6.07, 6.45) is 0.575. The van der Waals surface area contributed by atoms with Crippen LogP contribution in [0.15, 0.2) is 48.5 Å². The van der Waals surface area contributed by atoms with E-state index in [1.54, 1.807) is 48.5 Å². The Morgan fingerprint density at radius 2 is 1.60 bits per heavy atom. The first kappa shape index (κ1) is 27.4. The molecule has 0 unspecified atom stereocenters. The van der Waals surface area contributed by atoms with Crippen molar-refractivity contribution in [1.82, 2.24) is 4.90 Å². The summed E-state index contributed by atoms with van der Waals surface area (Å²) >= 11 is 4.85. The van der Waals surface area contributed by atoms with Crippen LogP contribution in [0, 0.1) is 0 Å². The largest absolute Gasteiger partial charge is 0.480 e. The maximum atomic E-state index is 11.0. The van der Waals surface area contributed by atoms with E-state index in [2.05, 4.69) is 5.32 Å². The maximum Gasteiger partial charge on any atom is 0.326 e. The topological polar surface area (TPSA) is 159 Å². The van der Waals surface area contributed by atoms with Gasteiger partial charge in [-0.3, -0.25) is 14.4 Å². The van der Waals surface area contributed by atoms with Crippen molar-refractivity contribution in [3.8, 4) is 11.5 Å². The van der Waals surface area contributed by atoms with Gasteiger partial charge in [0.05, 0.1) is 6.54 Å². The normalized spacial score (nSPS) is 15.5. The lowest BCUT2D eigenvalue weighted by Crippen LogP contribution is -2.39. The van der Waals surface area contributed by atoms with Crippen molar-refractivity contribution in [2.75, 3.05) is 11.9 Å². The summed E-state index contributed by atoms with van der Waals surface area (Å²) in [6.45, 7) is 3.10. The monoisotopic (exact) mass is 501 g/mol. The third kappa shape index (κ3) is 8.80. The second kappa shape index (κ2) is 12.6. The maximum absolute atomic E-state index is 11.0. The molecular formula is C24H27N3O7S. The zero-order valence-electron chi connectivity index (χ0n) is 19.3. The summed E-state index contributed by atoms with van der Waals surface area (Å²) < 4.78 is 5.69. The minimum Gasteiger partial charge on any atom is -0.480 e. The lowest BCUT2D eigenvalue weighted by atomic mass is 10.1. The molecule has 35 heavy (non-hydrogen) atoms. The molecule has 2 amide bonds. The number of nitrogens with one attached hydrogen (secondary N) is 1. The van der Waals surface area contributed by atoms with Crippen molar-refractivity contribution in [1.29, 1.82) is 0 Å². The van der Waals surface area contributed by atoms with E-state index >= 15 is 0 Å². The Kier molecular flexibility index (Phi) is 9.86. The Bertz CT molecular complexity index is 1060. The molecule has 1 heterocycles. The summed E-state index contributed by atoms with van der Waals surface area (Å²) in [4.78, 5) is 45.1. The molecule has 2 aromatic rings. The van der Waals surface area contributed by atoms with Gasteiger partial charge in [0.25, 0.3) is 0 Å². The lowest BCUT2D eigenvalue weighted by molar-refractivity contribution is -0.147. The molecule has 0 spiro atoms. The van der Waals surface area contributed by atoms with Crippen LogP contribution in [0.4, 0.5) is 5.69 Å². The first-order valence-electron chi connectivity index (χ1n) is 10.6. The molecule has 1 fully saturated rings. The first-order valence-corrected chi connectivity index (χ1v) is 11.0. The number of carboxylic acid groups (broad SMARTS) is 2. The fraction of sp³-hybridized carbons (Fsp3) is 0.292. The van der Waals surface area contributed by atoms with Crippen molar-refractivity contribution < 1.29 is 34.1 Å². The van der Waals surface area contributed by atoms with Gasteiger partial charge in [0, 0.05) is 30.8 Å². The van der Waals surface area contributed by atoms with Gasteiger partial charge in [-0.2, -0.15) is 0 Å². The molecule has 10 nitrogen and oxygen atoms in total. The van der Waals surface area contributed by atoms with Gasteiger partial charge in [0.2, 0.25) is 11.8 Å². The Labute approximate surface area is 207 Å². The number of thiocarbonyl (C=S) groups is 1. The summed E-state index contributed by atoms with van der Waals surface area (Å²) in [5.41, 5.74) is 7.02. The average molecular weight is 502 g/mol. The molecule has 0 bridgehead atoms.